The molecular weight excluding hydrogens is 222 g/mol. The molecule has 0 fully saturated rings. The Labute approximate surface area is 102 Å². The second kappa shape index (κ2) is 6.93. The first-order valence-corrected chi connectivity index (χ1v) is 6.68. The van der Waals surface area contributed by atoms with Crippen molar-refractivity contribution in [1.82, 2.24) is 14.5 Å². The Bertz CT molecular complexity index is 310. The maximum Gasteiger partial charge on any atom is 0.168 e. The van der Waals surface area contributed by atoms with Crippen LogP contribution in [0.25, 0.3) is 0 Å². The first-order valence-electron chi connectivity index (χ1n) is 5.69. The maximum atomic E-state index is 9.04. The SMILES string of the molecule is CCN(CC)CCSc1ncc(CO)n1C. The molecule has 0 atom stereocenters. The van der Waals surface area contributed by atoms with E-state index in [9.17, 15) is 0 Å². The van der Waals surface area contributed by atoms with E-state index in [1.54, 1.807) is 18.0 Å². The topological polar surface area (TPSA) is 41.3 Å². The van der Waals surface area contributed by atoms with E-state index in [4.69, 9.17) is 5.11 Å². The molecule has 1 aromatic rings. The van der Waals surface area contributed by atoms with E-state index in [-0.39, 0.29) is 6.61 Å². The Morgan fingerprint density at radius 2 is 2.12 bits per heavy atom. The lowest BCUT2D eigenvalue weighted by Gasteiger charge is -2.17. The van der Waals surface area contributed by atoms with Crippen LogP contribution in [-0.2, 0) is 13.7 Å². The quantitative estimate of drug-likeness (QED) is 0.734. The van der Waals surface area contributed by atoms with Crippen LogP contribution in [0.5, 0.6) is 0 Å². The largest absolute Gasteiger partial charge is 0.390 e. The third kappa shape index (κ3) is 3.50. The Morgan fingerprint density at radius 3 is 2.62 bits per heavy atom. The molecule has 0 bridgehead atoms. The van der Waals surface area contributed by atoms with Gasteiger partial charge in [-0.15, -0.1) is 0 Å². The summed E-state index contributed by atoms with van der Waals surface area (Å²) in [5, 5.41) is 10.0. The fraction of sp³-hybridized carbons (Fsp3) is 0.727. The molecule has 0 aromatic carbocycles. The van der Waals surface area contributed by atoms with Gasteiger partial charge >= 0.3 is 0 Å². The fourth-order valence-electron chi connectivity index (χ4n) is 1.51. The summed E-state index contributed by atoms with van der Waals surface area (Å²) in [6.07, 6.45) is 1.74. The lowest BCUT2D eigenvalue weighted by atomic mass is 10.5. The summed E-state index contributed by atoms with van der Waals surface area (Å²) in [5.41, 5.74) is 0.866. The minimum atomic E-state index is 0.0557. The van der Waals surface area contributed by atoms with Gasteiger partial charge < -0.3 is 14.6 Å². The van der Waals surface area contributed by atoms with Crippen LogP contribution in [0.3, 0.4) is 0 Å². The number of imidazole rings is 1. The molecule has 5 heteroatoms. The predicted molar refractivity (Wildman–Crippen MR) is 67.6 cm³/mol. The second-order valence-electron chi connectivity index (χ2n) is 3.62. The van der Waals surface area contributed by atoms with Gasteiger partial charge in [0.05, 0.1) is 18.5 Å². The van der Waals surface area contributed by atoms with Crippen molar-refractivity contribution in [1.29, 1.82) is 0 Å². The molecule has 0 unspecified atom stereocenters. The molecule has 0 spiro atoms. The third-order valence-corrected chi connectivity index (χ3v) is 3.76. The van der Waals surface area contributed by atoms with Crippen LogP contribution in [0.15, 0.2) is 11.4 Å². The number of thioether (sulfide) groups is 1. The van der Waals surface area contributed by atoms with Gasteiger partial charge in [-0.1, -0.05) is 25.6 Å². The molecule has 0 saturated heterocycles. The van der Waals surface area contributed by atoms with E-state index >= 15 is 0 Å². The smallest absolute Gasteiger partial charge is 0.168 e. The van der Waals surface area contributed by atoms with Crippen molar-refractivity contribution in [3.63, 3.8) is 0 Å². The van der Waals surface area contributed by atoms with Crippen molar-refractivity contribution in [3.05, 3.63) is 11.9 Å². The monoisotopic (exact) mass is 243 g/mol. The molecule has 0 radical (unpaired) electrons. The van der Waals surface area contributed by atoms with Crippen molar-refractivity contribution in [2.45, 2.75) is 25.6 Å². The van der Waals surface area contributed by atoms with Gasteiger partial charge in [-0.2, -0.15) is 0 Å². The van der Waals surface area contributed by atoms with E-state index in [0.717, 1.165) is 36.2 Å². The maximum absolute atomic E-state index is 9.04. The van der Waals surface area contributed by atoms with Crippen LogP contribution in [0.4, 0.5) is 0 Å². The van der Waals surface area contributed by atoms with Gasteiger partial charge in [0.2, 0.25) is 0 Å². The lowest BCUT2D eigenvalue weighted by Crippen LogP contribution is -2.25. The fourth-order valence-corrected chi connectivity index (χ4v) is 2.48. The average Bonchev–Trinajstić information content (AvgIpc) is 2.66. The zero-order chi connectivity index (χ0) is 12.0. The van der Waals surface area contributed by atoms with Crippen LogP contribution in [0, 0.1) is 0 Å². The molecule has 0 aliphatic heterocycles. The minimum absolute atomic E-state index is 0.0557. The van der Waals surface area contributed by atoms with Crippen molar-refractivity contribution < 1.29 is 5.11 Å². The molecule has 1 rings (SSSR count). The number of aliphatic hydroxyl groups excluding tert-OH is 1. The highest BCUT2D eigenvalue weighted by Gasteiger charge is 2.06. The minimum Gasteiger partial charge on any atom is -0.390 e. The van der Waals surface area contributed by atoms with Crippen LogP contribution in [-0.4, -0.2) is 44.9 Å². The first-order chi connectivity index (χ1) is 7.72. The number of aliphatic hydroxyl groups is 1. The van der Waals surface area contributed by atoms with Crippen LogP contribution < -0.4 is 0 Å². The standard InChI is InChI=1S/C11H21N3OS/c1-4-14(5-2)6-7-16-11-12-8-10(9-15)13(11)3/h8,15H,4-7,9H2,1-3H3. The lowest BCUT2D eigenvalue weighted by molar-refractivity contribution is 0.271. The molecule has 92 valence electrons. The molecule has 0 aliphatic rings. The van der Waals surface area contributed by atoms with E-state index in [0.29, 0.717) is 0 Å². The summed E-state index contributed by atoms with van der Waals surface area (Å²) < 4.78 is 1.95. The average molecular weight is 243 g/mol. The summed E-state index contributed by atoms with van der Waals surface area (Å²) in [7, 11) is 1.94. The van der Waals surface area contributed by atoms with E-state index in [1.807, 2.05) is 11.6 Å². The Morgan fingerprint density at radius 1 is 1.44 bits per heavy atom. The summed E-state index contributed by atoms with van der Waals surface area (Å²) >= 11 is 1.74. The predicted octanol–water partition coefficient (Wildman–Crippen LogP) is 1.35. The van der Waals surface area contributed by atoms with Crippen molar-refractivity contribution >= 4 is 11.8 Å². The Kier molecular flexibility index (Phi) is 5.87. The normalized spacial score (nSPS) is 11.3. The summed E-state index contributed by atoms with van der Waals surface area (Å²) in [6, 6.07) is 0. The molecule has 4 nitrogen and oxygen atoms in total. The number of hydrogen-bond acceptors (Lipinski definition) is 4. The molecule has 0 amide bonds. The van der Waals surface area contributed by atoms with Gasteiger partial charge in [-0.3, -0.25) is 0 Å². The summed E-state index contributed by atoms with van der Waals surface area (Å²) in [6.45, 7) is 7.69. The van der Waals surface area contributed by atoms with Gasteiger partial charge in [-0.05, 0) is 13.1 Å². The zero-order valence-corrected chi connectivity index (χ0v) is 11.1. The number of hydrogen-bond donors (Lipinski definition) is 1. The molecule has 1 aromatic heterocycles. The molecule has 1 heterocycles. The van der Waals surface area contributed by atoms with Gasteiger partial charge in [0, 0.05) is 19.3 Å². The van der Waals surface area contributed by atoms with Gasteiger partial charge in [-0.25, -0.2) is 4.98 Å². The Balaban J connectivity index is 2.39. The molecular formula is C11H21N3OS. The Hall–Kier alpha value is -0.520. The van der Waals surface area contributed by atoms with Gasteiger partial charge in [0.1, 0.15) is 0 Å². The van der Waals surface area contributed by atoms with Crippen LogP contribution in [0.2, 0.25) is 0 Å². The molecule has 0 aliphatic carbocycles. The summed E-state index contributed by atoms with van der Waals surface area (Å²) in [4.78, 5) is 6.67. The molecule has 0 saturated carbocycles. The number of nitrogens with zero attached hydrogens (tertiary/aromatic N) is 3. The third-order valence-electron chi connectivity index (χ3n) is 2.74. The van der Waals surface area contributed by atoms with Crippen LogP contribution >= 0.6 is 11.8 Å². The van der Waals surface area contributed by atoms with Crippen molar-refractivity contribution in [2.24, 2.45) is 7.05 Å². The highest BCUT2D eigenvalue weighted by atomic mass is 32.2. The highest BCUT2D eigenvalue weighted by Crippen LogP contribution is 2.17. The first kappa shape index (κ1) is 13.5. The highest BCUT2D eigenvalue weighted by molar-refractivity contribution is 7.99. The van der Waals surface area contributed by atoms with Gasteiger partial charge in [0.15, 0.2) is 5.16 Å². The summed E-state index contributed by atoms with van der Waals surface area (Å²) in [5.74, 6) is 1.04. The molecule has 1 N–H and O–H groups in total. The van der Waals surface area contributed by atoms with E-state index in [2.05, 4.69) is 23.7 Å². The molecule has 16 heavy (non-hydrogen) atoms. The number of aromatic nitrogens is 2. The van der Waals surface area contributed by atoms with E-state index < -0.39 is 0 Å². The van der Waals surface area contributed by atoms with Crippen molar-refractivity contribution in [3.8, 4) is 0 Å². The second-order valence-corrected chi connectivity index (χ2v) is 4.69. The van der Waals surface area contributed by atoms with Gasteiger partial charge in [0.25, 0.3) is 0 Å². The number of rotatable bonds is 7. The van der Waals surface area contributed by atoms with Crippen molar-refractivity contribution in [2.75, 3.05) is 25.4 Å². The zero-order valence-electron chi connectivity index (χ0n) is 10.3. The van der Waals surface area contributed by atoms with E-state index in [1.165, 1.54) is 0 Å². The van der Waals surface area contributed by atoms with Crippen LogP contribution in [0.1, 0.15) is 19.5 Å².